The maximum absolute atomic E-state index is 8.80. The molecule has 2 N–H and O–H groups in total. The van der Waals surface area contributed by atoms with Crippen molar-refractivity contribution in [2.45, 2.75) is 0 Å². The van der Waals surface area contributed by atoms with Crippen LogP contribution in [0.2, 0.25) is 0 Å². The zero-order chi connectivity index (χ0) is 4.50. The molecular formula is H3Co2LiMnO4. The topological polar surface area (TPSA) is 74.6 Å². The first-order valence-corrected chi connectivity index (χ1v) is 2.67. The van der Waals surface area contributed by atoms with Crippen LogP contribution in [0.25, 0.3) is 0 Å². The molecule has 0 aromatic rings. The molecule has 0 saturated heterocycles. The molecule has 0 unspecified atom stereocenters. The zero-order valence-electron chi connectivity index (χ0n) is 2.76. The average Bonchev–Trinajstić information content (AvgIpc) is 0.722. The molecule has 0 heterocycles. The monoisotopic (exact) mass is 247 g/mol. The first kappa shape index (κ1) is 22.6. The van der Waals surface area contributed by atoms with Crippen molar-refractivity contribution in [3.63, 3.8) is 0 Å². The van der Waals surface area contributed by atoms with Gasteiger partial charge in [-0.1, -0.05) is 0 Å². The third kappa shape index (κ3) is 124. The van der Waals surface area contributed by atoms with Gasteiger partial charge in [-0.25, -0.2) is 0 Å². The van der Waals surface area contributed by atoms with E-state index >= 15 is 0 Å². The van der Waals surface area contributed by atoms with Gasteiger partial charge in [0.05, 0.1) is 0 Å². The summed E-state index contributed by atoms with van der Waals surface area (Å²) in [5, 5.41) is 0. The molecule has 0 saturated carbocycles. The van der Waals surface area contributed by atoms with Crippen LogP contribution < -0.4 is 0 Å². The molecule has 8 heteroatoms. The summed E-state index contributed by atoms with van der Waals surface area (Å²) in [6, 6.07) is 0. The van der Waals surface area contributed by atoms with Gasteiger partial charge in [0.2, 0.25) is 0 Å². The van der Waals surface area contributed by atoms with Gasteiger partial charge in [-0.3, -0.25) is 0 Å². The van der Waals surface area contributed by atoms with E-state index in [1.54, 1.807) is 0 Å². The van der Waals surface area contributed by atoms with Crippen molar-refractivity contribution in [3.8, 4) is 0 Å². The van der Waals surface area contributed by atoms with Crippen LogP contribution in [0.4, 0.5) is 0 Å². The van der Waals surface area contributed by atoms with E-state index in [-0.39, 0.29) is 52.4 Å². The van der Waals surface area contributed by atoms with E-state index in [1.165, 1.54) is 0 Å². The van der Waals surface area contributed by atoms with E-state index in [0.29, 0.717) is 0 Å². The number of rotatable bonds is 0. The molecule has 8 heavy (non-hydrogen) atoms. The molecule has 2 radical (unpaired) electrons. The van der Waals surface area contributed by atoms with Crippen molar-refractivity contribution in [1.29, 1.82) is 0 Å². The summed E-state index contributed by atoms with van der Waals surface area (Å²) < 4.78 is 31.8. The molecule has 0 aliphatic heterocycles. The number of hydrogen-bond acceptors (Lipinski definition) is 2. The molecule has 0 fully saturated rings. The summed E-state index contributed by atoms with van der Waals surface area (Å²) in [5.74, 6) is 0. The summed E-state index contributed by atoms with van der Waals surface area (Å²) in [4.78, 5) is 0. The van der Waals surface area contributed by atoms with Gasteiger partial charge >= 0.3 is 48.3 Å². The Morgan fingerprint density at radius 2 is 1.00 bits per heavy atom. The predicted octanol–water partition coefficient (Wildman–Crippen LogP) is -2.01. The van der Waals surface area contributed by atoms with Gasteiger partial charge in [0.15, 0.2) is 0 Å². The van der Waals surface area contributed by atoms with E-state index in [0.717, 1.165) is 0 Å². The molecule has 0 bridgehead atoms. The van der Waals surface area contributed by atoms with Gasteiger partial charge in [-0.15, -0.1) is 0 Å². The Labute approximate surface area is 81.3 Å². The zero-order valence-corrected chi connectivity index (χ0v) is 6.02. The Balaban J connectivity index is -0.0000000267. The van der Waals surface area contributed by atoms with E-state index < -0.39 is 13.4 Å². The van der Waals surface area contributed by atoms with Crippen molar-refractivity contribution >= 4 is 18.9 Å². The third-order valence-corrected chi connectivity index (χ3v) is 0. The summed E-state index contributed by atoms with van der Waals surface area (Å²) in [5.41, 5.74) is 0. The summed E-state index contributed by atoms with van der Waals surface area (Å²) in [6.07, 6.45) is 0. The van der Waals surface area contributed by atoms with Gasteiger partial charge in [-0.2, -0.15) is 0 Å². The van der Waals surface area contributed by atoms with E-state index in [9.17, 15) is 0 Å². The minimum absolute atomic E-state index is 0. The standard InChI is InChI=1S/2Co.Li.Mn.2H2O.2O.H/h;;;;2*1H2;;;/q;;;+2;;;;;/p-2. The molecule has 0 aliphatic carbocycles. The van der Waals surface area contributed by atoms with Crippen LogP contribution in [0.1, 0.15) is 0 Å². The first-order chi connectivity index (χ1) is 2.00. The molecule has 4 nitrogen and oxygen atoms in total. The maximum atomic E-state index is 8.80. The Kier molecular flexibility index (Phi) is 24.5. The van der Waals surface area contributed by atoms with Gasteiger partial charge in [-0.05, 0) is 0 Å². The Morgan fingerprint density at radius 3 is 1.00 bits per heavy atom. The van der Waals surface area contributed by atoms with E-state index in [4.69, 9.17) is 16.0 Å². The Hall–Kier alpha value is 1.65. The van der Waals surface area contributed by atoms with Crippen molar-refractivity contribution in [1.82, 2.24) is 0 Å². The fourth-order valence-corrected chi connectivity index (χ4v) is 0. The van der Waals surface area contributed by atoms with Crippen molar-refractivity contribution in [2.75, 3.05) is 0 Å². The number of hydrogen-bond donors (Lipinski definition) is 2. The molecule has 0 aromatic heterocycles. The van der Waals surface area contributed by atoms with Crippen LogP contribution in [-0.2, 0) is 54.6 Å². The van der Waals surface area contributed by atoms with Crippen molar-refractivity contribution in [2.24, 2.45) is 0 Å². The molecule has 0 atom stereocenters. The van der Waals surface area contributed by atoms with Crippen LogP contribution in [0.3, 0.4) is 0 Å². The molecule has 0 aliphatic rings. The SMILES string of the molecule is [Co].[Co].[LiH].[O]=[Mn](=[O])([OH])[OH]. The van der Waals surface area contributed by atoms with Crippen LogP contribution in [-0.4, -0.2) is 27.2 Å². The Bertz CT molecular complexity index is 97.2. The molecule has 53 valence electrons. The Morgan fingerprint density at radius 1 is 1.00 bits per heavy atom. The molecule has 0 amide bonds. The van der Waals surface area contributed by atoms with Crippen LogP contribution in [0, 0.1) is 0 Å². The fourth-order valence-electron chi connectivity index (χ4n) is 0. The second kappa shape index (κ2) is 8.65. The van der Waals surface area contributed by atoms with E-state index in [1.807, 2.05) is 0 Å². The quantitative estimate of drug-likeness (QED) is 0.485. The fraction of sp³-hybridized carbons (Fsp3) is 0. The van der Waals surface area contributed by atoms with Crippen molar-refractivity contribution in [3.05, 3.63) is 0 Å². The summed E-state index contributed by atoms with van der Waals surface area (Å²) in [6.45, 7) is 0. The van der Waals surface area contributed by atoms with Crippen LogP contribution in [0.5, 0.6) is 0 Å². The van der Waals surface area contributed by atoms with Crippen LogP contribution >= 0.6 is 0 Å². The molecule has 0 aromatic carbocycles. The van der Waals surface area contributed by atoms with E-state index in [2.05, 4.69) is 0 Å². The van der Waals surface area contributed by atoms with Gasteiger partial charge in [0, 0.05) is 33.6 Å². The second-order valence-electron chi connectivity index (χ2n) is 0.415. The summed E-state index contributed by atoms with van der Waals surface area (Å²) in [7, 11) is 0. The van der Waals surface area contributed by atoms with Gasteiger partial charge in [0.25, 0.3) is 0 Å². The third-order valence-electron chi connectivity index (χ3n) is 0. The first-order valence-electron chi connectivity index (χ1n) is 0.647. The molecular weight excluding hydrogens is 244 g/mol. The second-order valence-corrected chi connectivity index (χ2v) is 1.71. The minimum atomic E-state index is -5.12. The van der Waals surface area contributed by atoms with Gasteiger partial charge < -0.3 is 0 Å². The molecule has 0 spiro atoms. The predicted molar refractivity (Wildman–Crippen MR) is 13.0 cm³/mol. The van der Waals surface area contributed by atoms with Gasteiger partial charge in [0.1, 0.15) is 0 Å². The normalized spacial score (nSPS) is 7.25. The summed E-state index contributed by atoms with van der Waals surface area (Å²) >= 11 is -5.12. The van der Waals surface area contributed by atoms with Crippen molar-refractivity contribution < 1.29 is 63.0 Å². The van der Waals surface area contributed by atoms with Crippen LogP contribution in [0.15, 0.2) is 0 Å². The molecule has 0 rings (SSSR count). The average molecular weight is 247 g/mol.